The molecule has 0 aromatic carbocycles. The number of hydrogen-bond acceptors (Lipinski definition) is 3. The van der Waals surface area contributed by atoms with Crippen LogP contribution in [0, 0.1) is 0 Å². The van der Waals surface area contributed by atoms with Crippen LogP contribution in [-0.2, 0) is 9.53 Å². The van der Waals surface area contributed by atoms with Crippen LogP contribution in [0.2, 0.25) is 0 Å². The first-order valence-corrected chi connectivity index (χ1v) is 6.06. The molecule has 1 N–H and O–H groups in total. The van der Waals surface area contributed by atoms with E-state index in [1.165, 1.54) is 0 Å². The van der Waals surface area contributed by atoms with Crippen LogP contribution in [0.3, 0.4) is 0 Å². The topological polar surface area (TPSA) is 46.5 Å². The van der Waals surface area contributed by atoms with Gasteiger partial charge in [0.15, 0.2) is 5.60 Å². The quantitative estimate of drug-likeness (QED) is 0.788. The van der Waals surface area contributed by atoms with Crippen LogP contribution < -0.4 is 0 Å². The Morgan fingerprint density at radius 3 is 2.71 bits per heavy atom. The van der Waals surface area contributed by atoms with Crippen molar-refractivity contribution in [2.24, 2.45) is 0 Å². The fraction of sp³-hybridized carbons (Fsp3) is 0.900. The van der Waals surface area contributed by atoms with Crippen molar-refractivity contribution in [2.75, 3.05) is 5.75 Å². The van der Waals surface area contributed by atoms with E-state index < -0.39 is 11.6 Å². The second-order valence-electron chi connectivity index (χ2n) is 3.98. The van der Waals surface area contributed by atoms with Gasteiger partial charge in [-0.25, -0.2) is 4.79 Å². The number of ether oxygens (including phenoxy) is 1. The lowest BCUT2D eigenvalue weighted by atomic mass is 9.93. The monoisotopic (exact) mass is 218 g/mol. The summed E-state index contributed by atoms with van der Waals surface area (Å²) in [6, 6.07) is 0. The van der Waals surface area contributed by atoms with Gasteiger partial charge in [-0.1, -0.05) is 0 Å². The van der Waals surface area contributed by atoms with Gasteiger partial charge in [0.2, 0.25) is 0 Å². The smallest absolute Gasteiger partial charge is 0.337 e. The third-order valence-corrected chi connectivity index (χ3v) is 3.93. The summed E-state index contributed by atoms with van der Waals surface area (Å²) >= 11 is 1.69. The Bertz CT molecular complexity index is 217. The molecular formula is C10H18O3S. The Labute approximate surface area is 89.2 Å². The fourth-order valence-corrected chi connectivity index (χ4v) is 3.05. The molecule has 1 aliphatic rings. The Hall–Kier alpha value is -0.220. The molecule has 2 atom stereocenters. The zero-order valence-electron chi connectivity index (χ0n) is 8.95. The number of aliphatic carboxylic acids is 1. The number of thioether (sulfide) groups is 1. The summed E-state index contributed by atoms with van der Waals surface area (Å²) in [5, 5.41) is 9.31. The molecule has 1 heterocycles. The maximum atomic E-state index is 11.3. The largest absolute Gasteiger partial charge is 0.479 e. The normalized spacial score (nSPS) is 33.3. The number of rotatable bonds is 3. The first-order valence-electron chi connectivity index (χ1n) is 5.02. The Morgan fingerprint density at radius 1 is 1.64 bits per heavy atom. The van der Waals surface area contributed by atoms with E-state index in [-0.39, 0.29) is 11.4 Å². The van der Waals surface area contributed by atoms with Gasteiger partial charge < -0.3 is 9.84 Å². The molecule has 0 aliphatic carbocycles. The molecule has 0 radical (unpaired) electrons. The highest BCUT2D eigenvalue weighted by Crippen LogP contribution is 2.37. The van der Waals surface area contributed by atoms with Crippen LogP contribution in [0.1, 0.15) is 33.6 Å². The highest BCUT2D eigenvalue weighted by molar-refractivity contribution is 8.00. The minimum absolute atomic E-state index is 0.0350. The highest BCUT2D eigenvalue weighted by Gasteiger charge is 2.47. The van der Waals surface area contributed by atoms with Crippen molar-refractivity contribution >= 4 is 17.7 Å². The van der Waals surface area contributed by atoms with Gasteiger partial charge in [-0.2, -0.15) is 11.8 Å². The summed E-state index contributed by atoms with van der Waals surface area (Å²) in [5.41, 5.74) is -0.961. The van der Waals surface area contributed by atoms with Crippen LogP contribution in [0.25, 0.3) is 0 Å². The van der Waals surface area contributed by atoms with E-state index in [9.17, 15) is 9.90 Å². The Kier molecular flexibility index (Phi) is 3.84. The van der Waals surface area contributed by atoms with E-state index >= 15 is 0 Å². The molecule has 2 unspecified atom stereocenters. The van der Waals surface area contributed by atoms with Crippen LogP contribution in [0.5, 0.6) is 0 Å². The van der Waals surface area contributed by atoms with Gasteiger partial charge in [0.05, 0.1) is 6.10 Å². The lowest BCUT2D eigenvalue weighted by molar-refractivity contribution is -0.173. The third kappa shape index (κ3) is 2.23. The molecule has 0 aromatic rings. The minimum atomic E-state index is -0.961. The number of carboxylic acids is 1. The maximum Gasteiger partial charge on any atom is 0.337 e. The number of carbonyl (C=O) groups is 1. The van der Waals surface area contributed by atoms with Crippen molar-refractivity contribution in [3.63, 3.8) is 0 Å². The maximum absolute atomic E-state index is 11.3. The van der Waals surface area contributed by atoms with Gasteiger partial charge in [0.25, 0.3) is 0 Å². The molecule has 0 spiro atoms. The Balaban J connectivity index is 2.83. The van der Waals surface area contributed by atoms with Gasteiger partial charge in [0.1, 0.15) is 0 Å². The first-order chi connectivity index (χ1) is 6.49. The van der Waals surface area contributed by atoms with E-state index in [0.29, 0.717) is 6.42 Å². The predicted molar refractivity (Wildman–Crippen MR) is 57.7 cm³/mol. The minimum Gasteiger partial charge on any atom is -0.479 e. The van der Waals surface area contributed by atoms with Crippen LogP contribution >= 0.6 is 11.8 Å². The first kappa shape index (κ1) is 11.9. The van der Waals surface area contributed by atoms with Crippen LogP contribution in [0.15, 0.2) is 0 Å². The van der Waals surface area contributed by atoms with Crippen molar-refractivity contribution in [3.8, 4) is 0 Å². The summed E-state index contributed by atoms with van der Waals surface area (Å²) < 4.78 is 5.63. The van der Waals surface area contributed by atoms with Crippen molar-refractivity contribution in [2.45, 2.75) is 50.6 Å². The summed E-state index contributed by atoms with van der Waals surface area (Å²) in [5.74, 6) is 0.225. The fourth-order valence-electron chi connectivity index (χ4n) is 1.84. The van der Waals surface area contributed by atoms with Crippen LogP contribution in [-0.4, -0.2) is 33.8 Å². The van der Waals surface area contributed by atoms with Crippen molar-refractivity contribution in [3.05, 3.63) is 0 Å². The van der Waals surface area contributed by atoms with Gasteiger partial charge in [0, 0.05) is 5.25 Å². The predicted octanol–water partition coefficient (Wildman–Crippen LogP) is 2.15. The molecule has 0 amide bonds. The molecule has 1 saturated heterocycles. The summed E-state index contributed by atoms with van der Waals surface area (Å²) in [7, 11) is 0. The SMILES string of the molecule is CC(C)OC1(C(=O)O)CCCSC1C. The molecule has 0 bridgehead atoms. The van der Waals surface area contributed by atoms with E-state index in [0.717, 1.165) is 12.2 Å². The van der Waals surface area contributed by atoms with Gasteiger partial charge >= 0.3 is 5.97 Å². The lowest BCUT2D eigenvalue weighted by Gasteiger charge is -2.39. The Morgan fingerprint density at radius 2 is 2.29 bits per heavy atom. The molecule has 0 aromatic heterocycles. The molecule has 1 fully saturated rings. The van der Waals surface area contributed by atoms with Crippen molar-refractivity contribution in [1.29, 1.82) is 0 Å². The zero-order chi connectivity index (χ0) is 10.8. The number of carboxylic acid groups (broad SMARTS) is 1. The average Bonchev–Trinajstić information content (AvgIpc) is 2.08. The zero-order valence-corrected chi connectivity index (χ0v) is 9.76. The molecule has 82 valence electrons. The molecule has 14 heavy (non-hydrogen) atoms. The average molecular weight is 218 g/mol. The number of hydrogen-bond donors (Lipinski definition) is 1. The van der Waals surface area contributed by atoms with Gasteiger partial charge in [-0.15, -0.1) is 0 Å². The second kappa shape index (κ2) is 4.53. The van der Waals surface area contributed by atoms with Crippen molar-refractivity contribution < 1.29 is 14.6 Å². The molecule has 1 rings (SSSR count). The lowest BCUT2D eigenvalue weighted by Crippen LogP contribution is -2.52. The van der Waals surface area contributed by atoms with Gasteiger partial charge in [-0.05, 0) is 39.4 Å². The van der Waals surface area contributed by atoms with E-state index in [1.54, 1.807) is 11.8 Å². The van der Waals surface area contributed by atoms with E-state index in [2.05, 4.69) is 0 Å². The summed E-state index contributed by atoms with van der Waals surface area (Å²) in [6.07, 6.45) is 1.52. The second-order valence-corrected chi connectivity index (χ2v) is 5.43. The molecule has 0 saturated carbocycles. The highest BCUT2D eigenvalue weighted by atomic mass is 32.2. The summed E-state index contributed by atoms with van der Waals surface area (Å²) in [4.78, 5) is 11.3. The third-order valence-electron chi connectivity index (χ3n) is 2.53. The van der Waals surface area contributed by atoms with Crippen molar-refractivity contribution in [1.82, 2.24) is 0 Å². The molecule has 3 nitrogen and oxygen atoms in total. The molecule has 1 aliphatic heterocycles. The van der Waals surface area contributed by atoms with E-state index in [4.69, 9.17) is 4.74 Å². The summed E-state index contributed by atoms with van der Waals surface area (Å²) in [6.45, 7) is 5.72. The molecular weight excluding hydrogens is 200 g/mol. The molecule has 4 heteroatoms. The van der Waals surface area contributed by atoms with Crippen LogP contribution in [0.4, 0.5) is 0 Å². The standard InChI is InChI=1S/C10H18O3S/c1-7(2)13-10(9(11)12)5-4-6-14-8(10)3/h7-8H,4-6H2,1-3H3,(H,11,12). The van der Waals surface area contributed by atoms with E-state index in [1.807, 2.05) is 20.8 Å². The van der Waals surface area contributed by atoms with Gasteiger partial charge in [-0.3, -0.25) is 0 Å².